The van der Waals surface area contributed by atoms with Gasteiger partial charge in [0.25, 0.3) is 0 Å². The van der Waals surface area contributed by atoms with Crippen molar-refractivity contribution >= 4 is 12.1 Å². The van der Waals surface area contributed by atoms with Crippen molar-refractivity contribution < 1.29 is 24.2 Å². The molecular formula is C15H19NO5. The highest BCUT2D eigenvalue weighted by Crippen LogP contribution is 2.36. The fourth-order valence-electron chi connectivity index (χ4n) is 2.33. The average molecular weight is 293 g/mol. The summed E-state index contributed by atoms with van der Waals surface area (Å²) in [7, 11) is 0. The molecule has 0 saturated heterocycles. The zero-order valence-electron chi connectivity index (χ0n) is 12.3. The Balaban J connectivity index is 2.19. The second-order valence-corrected chi connectivity index (χ2v) is 5.94. The number of allylic oxidation sites excluding steroid dienone is 3. The summed E-state index contributed by atoms with van der Waals surface area (Å²) in [5, 5.41) is 11.8. The molecule has 0 saturated carbocycles. The zero-order valence-corrected chi connectivity index (χ0v) is 12.3. The van der Waals surface area contributed by atoms with Gasteiger partial charge in [-0.15, -0.1) is 0 Å². The van der Waals surface area contributed by atoms with Crippen LogP contribution in [0.4, 0.5) is 4.79 Å². The lowest BCUT2D eigenvalue weighted by Gasteiger charge is -2.23. The maximum absolute atomic E-state index is 11.8. The summed E-state index contributed by atoms with van der Waals surface area (Å²) in [6, 6.07) is -1.09. The van der Waals surface area contributed by atoms with Gasteiger partial charge in [0.05, 0.1) is 12.5 Å². The normalized spacial score (nSPS) is 18.5. The van der Waals surface area contributed by atoms with E-state index < -0.39 is 23.7 Å². The largest absolute Gasteiger partial charge is 0.479 e. The second-order valence-electron chi connectivity index (χ2n) is 5.94. The van der Waals surface area contributed by atoms with Crippen LogP contribution in [0, 0.1) is 0 Å². The number of aliphatic carboxylic acids is 1. The van der Waals surface area contributed by atoms with Crippen molar-refractivity contribution in [2.45, 2.75) is 45.3 Å². The lowest BCUT2D eigenvalue weighted by atomic mass is 10.0. The number of hydrogen-bond donors (Lipinski definition) is 2. The Bertz CT molecular complexity index is 551. The van der Waals surface area contributed by atoms with E-state index >= 15 is 0 Å². The lowest BCUT2D eigenvalue weighted by Crippen LogP contribution is -2.44. The van der Waals surface area contributed by atoms with Crippen LogP contribution in [0.3, 0.4) is 0 Å². The van der Waals surface area contributed by atoms with Crippen molar-refractivity contribution in [1.82, 2.24) is 5.32 Å². The van der Waals surface area contributed by atoms with Gasteiger partial charge in [-0.1, -0.05) is 0 Å². The van der Waals surface area contributed by atoms with E-state index in [4.69, 9.17) is 9.47 Å². The minimum absolute atomic E-state index is 0.571. The molecule has 2 rings (SSSR count). The molecule has 1 aliphatic heterocycles. The number of fused-ring (bicyclic) bond motifs is 1. The molecule has 2 aliphatic rings. The highest BCUT2D eigenvalue weighted by Gasteiger charge is 2.32. The van der Waals surface area contributed by atoms with Crippen molar-refractivity contribution in [3.05, 3.63) is 35.3 Å². The molecule has 6 heteroatoms. The van der Waals surface area contributed by atoms with Gasteiger partial charge in [-0.25, -0.2) is 9.59 Å². The molecule has 0 bridgehead atoms. The number of alkyl carbamates (subject to hydrolysis) is 1. The van der Waals surface area contributed by atoms with Crippen LogP contribution in [-0.4, -0.2) is 28.8 Å². The first-order valence-corrected chi connectivity index (χ1v) is 6.75. The highest BCUT2D eigenvalue weighted by molar-refractivity contribution is 5.84. The van der Waals surface area contributed by atoms with Gasteiger partial charge in [-0.2, -0.15) is 0 Å². The van der Waals surface area contributed by atoms with Crippen LogP contribution >= 0.6 is 0 Å². The molecule has 0 radical (unpaired) electrons. The van der Waals surface area contributed by atoms with Gasteiger partial charge in [0.15, 0.2) is 6.04 Å². The lowest BCUT2D eigenvalue weighted by molar-refractivity contribution is -0.138. The van der Waals surface area contributed by atoms with Gasteiger partial charge in [-0.3, -0.25) is 0 Å². The fourth-order valence-corrected chi connectivity index (χ4v) is 2.33. The van der Waals surface area contributed by atoms with Crippen LogP contribution < -0.4 is 5.32 Å². The maximum Gasteiger partial charge on any atom is 0.408 e. The Morgan fingerprint density at radius 1 is 1.38 bits per heavy atom. The summed E-state index contributed by atoms with van der Waals surface area (Å²) >= 11 is 0. The van der Waals surface area contributed by atoms with E-state index in [0.29, 0.717) is 18.4 Å². The number of ether oxygens (including phenoxy) is 2. The summed E-state index contributed by atoms with van der Waals surface area (Å²) in [5.41, 5.74) is 1.76. The molecule has 0 aromatic rings. The molecular weight excluding hydrogens is 274 g/mol. The number of carboxylic acids is 1. The summed E-state index contributed by atoms with van der Waals surface area (Å²) in [6.45, 7) is 5.17. The third kappa shape index (κ3) is 3.65. The molecule has 114 valence electrons. The van der Waals surface area contributed by atoms with Gasteiger partial charge in [-0.05, 0) is 56.4 Å². The number of rotatable bonds is 3. The van der Waals surface area contributed by atoms with Gasteiger partial charge < -0.3 is 19.9 Å². The topological polar surface area (TPSA) is 84.9 Å². The number of hydrogen-bond acceptors (Lipinski definition) is 4. The maximum atomic E-state index is 11.8. The Hall–Kier alpha value is -2.24. The summed E-state index contributed by atoms with van der Waals surface area (Å²) in [6.07, 6.45) is 5.36. The fraction of sp³-hybridized carbons (Fsp3) is 0.467. The first kappa shape index (κ1) is 15.2. The third-order valence-electron chi connectivity index (χ3n) is 3.14. The van der Waals surface area contributed by atoms with Gasteiger partial charge in [0, 0.05) is 0 Å². The zero-order chi connectivity index (χ0) is 15.6. The third-order valence-corrected chi connectivity index (χ3v) is 3.14. The molecule has 1 atom stereocenters. The van der Waals surface area contributed by atoms with E-state index in [0.717, 1.165) is 11.1 Å². The van der Waals surface area contributed by atoms with E-state index in [-0.39, 0.29) is 0 Å². The summed E-state index contributed by atoms with van der Waals surface area (Å²) in [4.78, 5) is 23.3. The average Bonchev–Trinajstić information content (AvgIpc) is 2.77. The van der Waals surface area contributed by atoms with Crippen molar-refractivity contribution in [2.75, 3.05) is 0 Å². The SMILES string of the molecule is CC(C)(C)OC(=O)NC(C(=O)O)C1=C2C=COC=C2CC1. The van der Waals surface area contributed by atoms with Crippen LogP contribution in [0.15, 0.2) is 35.3 Å². The number of amides is 1. The van der Waals surface area contributed by atoms with Gasteiger partial charge >= 0.3 is 12.1 Å². The Morgan fingerprint density at radius 3 is 2.71 bits per heavy atom. The molecule has 0 spiro atoms. The molecule has 6 nitrogen and oxygen atoms in total. The molecule has 1 amide bonds. The number of carboxylic acid groups (broad SMARTS) is 1. The first-order chi connectivity index (χ1) is 9.78. The van der Waals surface area contributed by atoms with E-state index in [1.807, 2.05) is 0 Å². The molecule has 21 heavy (non-hydrogen) atoms. The predicted octanol–water partition coefficient (Wildman–Crippen LogP) is 2.48. The molecule has 0 aromatic carbocycles. The predicted molar refractivity (Wildman–Crippen MR) is 75.4 cm³/mol. The molecule has 0 aromatic heterocycles. The van der Waals surface area contributed by atoms with Crippen LogP contribution in [0.1, 0.15) is 33.6 Å². The second kappa shape index (κ2) is 5.63. The van der Waals surface area contributed by atoms with Crippen molar-refractivity contribution in [3.8, 4) is 0 Å². The molecule has 1 aliphatic carbocycles. The smallest absolute Gasteiger partial charge is 0.408 e. The monoisotopic (exact) mass is 293 g/mol. The Morgan fingerprint density at radius 2 is 2.10 bits per heavy atom. The molecule has 1 unspecified atom stereocenters. The Labute approximate surface area is 123 Å². The van der Waals surface area contributed by atoms with Crippen LogP contribution in [-0.2, 0) is 14.3 Å². The minimum atomic E-state index is -1.11. The quantitative estimate of drug-likeness (QED) is 0.835. The molecule has 2 N–H and O–H groups in total. The summed E-state index contributed by atoms with van der Waals surface area (Å²) in [5.74, 6) is -1.11. The number of carbonyl (C=O) groups excluding carboxylic acids is 1. The van der Waals surface area contributed by atoms with Gasteiger partial charge in [0.2, 0.25) is 0 Å². The van der Waals surface area contributed by atoms with Crippen molar-refractivity contribution in [3.63, 3.8) is 0 Å². The Kier molecular flexibility index (Phi) is 4.06. The minimum Gasteiger partial charge on any atom is -0.479 e. The first-order valence-electron chi connectivity index (χ1n) is 6.75. The van der Waals surface area contributed by atoms with Crippen LogP contribution in [0.25, 0.3) is 0 Å². The van der Waals surface area contributed by atoms with E-state index in [9.17, 15) is 14.7 Å². The van der Waals surface area contributed by atoms with Crippen LogP contribution in [0.2, 0.25) is 0 Å². The van der Waals surface area contributed by atoms with E-state index in [1.165, 1.54) is 6.26 Å². The van der Waals surface area contributed by atoms with E-state index in [2.05, 4.69) is 5.32 Å². The summed E-state index contributed by atoms with van der Waals surface area (Å²) < 4.78 is 10.2. The molecule has 1 heterocycles. The van der Waals surface area contributed by atoms with E-state index in [1.54, 1.807) is 33.1 Å². The van der Waals surface area contributed by atoms with Gasteiger partial charge in [0.1, 0.15) is 5.60 Å². The molecule has 0 fully saturated rings. The van der Waals surface area contributed by atoms with Crippen molar-refractivity contribution in [1.29, 1.82) is 0 Å². The highest BCUT2D eigenvalue weighted by atomic mass is 16.6. The number of nitrogens with one attached hydrogen (secondary N) is 1. The van der Waals surface area contributed by atoms with Crippen LogP contribution in [0.5, 0.6) is 0 Å². The van der Waals surface area contributed by atoms with Crippen molar-refractivity contribution in [2.24, 2.45) is 0 Å². The standard InChI is InChI=1S/C15H19NO5/c1-15(2,3)21-14(19)16-12(13(17)18)11-5-4-9-8-20-7-6-10(9)11/h6-8,12H,4-5H2,1-3H3,(H,16,19)(H,17,18). The number of carbonyl (C=O) groups is 2.